The topological polar surface area (TPSA) is 65.2 Å². The van der Waals surface area contributed by atoms with Crippen LogP contribution in [0.5, 0.6) is 0 Å². The zero-order valence-corrected chi connectivity index (χ0v) is 14.0. The fourth-order valence-electron chi connectivity index (χ4n) is 3.19. The molecule has 0 spiro atoms. The van der Waals surface area contributed by atoms with Crippen molar-refractivity contribution in [3.8, 4) is 0 Å². The van der Waals surface area contributed by atoms with E-state index in [4.69, 9.17) is 0 Å². The Balaban J connectivity index is 1.64. The minimum absolute atomic E-state index is 0.118. The number of fused-ring (bicyclic) bond motifs is 1. The molecule has 0 aliphatic carbocycles. The van der Waals surface area contributed by atoms with E-state index in [0.29, 0.717) is 13.0 Å². The van der Waals surface area contributed by atoms with E-state index in [-0.39, 0.29) is 30.6 Å². The second kappa shape index (κ2) is 6.63. The molecule has 3 rings (SSSR count). The molecule has 2 aromatic rings. The number of rotatable bonds is 5. The van der Waals surface area contributed by atoms with Gasteiger partial charge in [0.05, 0.1) is 5.52 Å². The van der Waals surface area contributed by atoms with Crippen molar-refractivity contribution in [1.82, 2.24) is 15.2 Å². The Hall–Kier alpha value is -2.37. The Morgan fingerprint density at radius 3 is 2.88 bits per heavy atom. The standard InChI is InChI=1S/C18H22FN3O2/c1-11-12(2)21-18-13(8-14(19)9-15(11)18)10-20-16(23)5-7-22-6-3-4-17(22)24/h8-9,21H,3-7,10H2,1-2H3,(H,20,23). The SMILES string of the molecule is Cc1[nH]c2c(CNC(=O)CCN3CCCC3=O)cc(F)cc2c1C. The summed E-state index contributed by atoms with van der Waals surface area (Å²) in [6.07, 6.45) is 1.72. The van der Waals surface area contributed by atoms with Crippen LogP contribution in [0.3, 0.4) is 0 Å². The number of benzene rings is 1. The lowest BCUT2D eigenvalue weighted by Gasteiger charge is -2.15. The Morgan fingerprint density at radius 1 is 1.38 bits per heavy atom. The van der Waals surface area contributed by atoms with Gasteiger partial charge in [-0.2, -0.15) is 0 Å². The number of aryl methyl sites for hydroxylation is 2. The summed E-state index contributed by atoms with van der Waals surface area (Å²) in [5, 5.41) is 3.67. The number of H-pyrrole nitrogens is 1. The summed E-state index contributed by atoms with van der Waals surface area (Å²) in [6, 6.07) is 2.96. The summed E-state index contributed by atoms with van der Waals surface area (Å²) >= 11 is 0. The van der Waals surface area contributed by atoms with E-state index in [0.717, 1.165) is 40.7 Å². The van der Waals surface area contributed by atoms with E-state index in [9.17, 15) is 14.0 Å². The van der Waals surface area contributed by atoms with Crippen molar-refractivity contribution in [2.75, 3.05) is 13.1 Å². The number of nitrogens with one attached hydrogen (secondary N) is 2. The lowest BCUT2D eigenvalue weighted by molar-refractivity contribution is -0.128. The third-order valence-electron chi connectivity index (χ3n) is 4.72. The minimum Gasteiger partial charge on any atom is -0.358 e. The Kier molecular flexibility index (Phi) is 4.55. The first-order valence-electron chi connectivity index (χ1n) is 8.27. The fraction of sp³-hybridized carbons (Fsp3) is 0.444. The predicted octanol–water partition coefficient (Wildman–Crippen LogP) is 2.55. The number of likely N-dealkylation sites (tertiary alicyclic amines) is 1. The second-order valence-electron chi connectivity index (χ2n) is 6.37. The highest BCUT2D eigenvalue weighted by Gasteiger charge is 2.20. The summed E-state index contributed by atoms with van der Waals surface area (Å²) < 4.78 is 13.8. The highest BCUT2D eigenvalue weighted by atomic mass is 19.1. The van der Waals surface area contributed by atoms with Crippen LogP contribution in [0, 0.1) is 19.7 Å². The average Bonchev–Trinajstić information content (AvgIpc) is 3.08. The lowest BCUT2D eigenvalue weighted by Crippen LogP contribution is -2.31. The second-order valence-corrected chi connectivity index (χ2v) is 6.37. The predicted molar refractivity (Wildman–Crippen MR) is 90.0 cm³/mol. The van der Waals surface area contributed by atoms with Crippen molar-refractivity contribution in [1.29, 1.82) is 0 Å². The summed E-state index contributed by atoms with van der Waals surface area (Å²) in [5.41, 5.74) is 3.61. The number of nitrogens with zero attached hydrogens (tertiary/aromatic N) is 1. The first-order valence-corrected chi connectivity index (χ1v) is 8.27. The molecule has 1 aliphatic heterocycles. The number of carbonyl (C=O) groups is 2. The minimum atomic E-state index is -0.309. The molecular weight excluding hydrogens is 309 g/mol. The molecule has 0 bridgehead atoms. The molecule has 5 nitrogen and oxygen atoms in total. The van der Waals surface area contributed by atoms with Gasteiger partial charge < -0.3 is 15.2 Å². The van der Waals surface area contributed by atoms with Crippen LogP contribution in [0.2, 0.25) is 0 Å². The van der Waals surface area contributed by atoms with Crippen molar-refractivity contribution >= 4 is 22.7 Å². The molecule has 2 amide bonds. The average molecular weight is 331 g/mol. The molecule has 1 aliphatic rings. The number of aromatic nitrogens is 1. The molecular formula is C18H22FN3O2. The van der Waals surface area contributed by atoms with Gasteiger partial charge in [0.25, 0.3) is 0 Å². The van der Waals surface area contributed by atoms with Crippen LogP contribution in [-0.4, -0.2) is 34.8 Å². The molecule has 1 aromatic carbocycles. The van der Waals surface area contributed by atoms with Gasteiger partial charge in [-0.15, -0.1) is 0 Å². The number of hydrogen-bond acceptors (Lipinski definition) is 2. The first-order chi connectivity index (χ1) is 11.5. The first kappa shape index (κ1) is 16.5. The van der Waals surface area contributed by atoms with Crippen LogP contribution in [0.15, 0.2) is 12.1 Å². The maximum absolute atomic E-state index is 13.8. The number of hydrogen-bond donors (Lipinski definition) is 2. The molecule has 0 unspecified atom stereocenters. The lowest BCUT2D eigenvalue weighted by atomic mass is 10.1. The van der Waals surface area contributed by atoms with E-state index in [2.05, 4.69) is 10.3 Å². The van der Waals surface area contributed by atoms with Gasteiger partial charge in [0, 0.05) is 43.6 Å². The van der Waals surface area contributed by atoms with Gasteiger partial charge in [-0.1, -0.05) is 0 Å². The van der Waals surface area contributed by atoms with Gasteiger partial charge in [0.2, 0.25) is 11.8 Å². The van der Waals surface area contributed by atoms with Crippen LogP contribution < -0.4 is 5.32 Å². The normalized spacial score (nSPS) is 14.6. The molecule has 1 aromatic heterocycles. The van der Waals surface area contributed by atoms with Crippen LogP contribution >= 0.6 is 0 Å². The molecule has 24 heavy (non-hydrogen) atoms. The van der Waals surface area contributed by atoms with E-state index in [1.54, 1.807) is 4.90 Å². The van der Waals surface area contributed by atoms with Crippen LogP contribution in [0.4, 0.5) is 4.39 Å². The number of amides is 2. The van der Waals surface area contributed by atoms with Crippen molar-refractivity contribution in [3.63, 3.8) is 0 Å². The van der Waals surface area contributed by atoms with Crippen LogP contribution in [0.25, 0.3) is 10.9 Å². The smallest absolute Gasteiger partial charge is 0.222 e. The third kappa shape index (κ3) is 3.27. The van der Waals surface area contributed by atoms with Gasteiger partial charge in [0.15, 0.2) is 0 Å². The van der Waals surface area contributed by atoms with Crippen LogP contribution in [-0.2, 0) is 16.1 Å². The Bertz CT molecular complexity index is 797. The third-order valence-corrected chi connectivity index (χ3v) is 4.72. The van der Waals surface area contributed by atoms with Gasteiger partial charge in [-0.3, -0.25) is 9.59 Å². The molecule has 0 radical (unpaired) electrons. The molecule has 2 N–H and O–H groups in total. The molecule has 0 saturated carbocycles. The van der Waals surface area contributed by atoms with E-state index < -0.39 is 0 Å². The Morgan fingerprint density at radius 2 is 2.17 bits per heavy atom. The highest BCUT2D eigenvalue weighted by molar-refractivity contribution is 5.87. The molecule has 6 heteroatoms. The zero-order chi connectivity index (χ0) is 17.3. The monoisotopic (exact) mass is 331 g/mol. The number of halogens is 1. The summed E-state index contributed by atoms with van der Waals surface area (Å²) in [6.45, 7) is 5.34. The zero-order valence-electron chi connectivity index (χ0n) is 14.0. The maximum Gasteiger partial charge on any atom is 0.222 e. The van der Waals surface area contributed by atoms with E-state index in [1.807, 2.05) is 13.8 Å². The largest absolute Gasteiger partial charge is 0.358 e. The molecule has 128 valence electrons. The molecule has 1 saturated heterocycles. The molecule has 1 fully saturated rings. The summed E-state index contributed by atoms with van der Waals surface area (Å²) in [7, 11) is 0. The van der Waals surface area contributed by atoms with E-state index in [1.165, 1.54) is 12.1 Å². The Labute approximate surface area is 140 Å². The molecule has 0 atom stereocenters. The number of carbonyl (C=O) groups excluding carboxylic acids is 2. The molecule has 2 heterocycles. The van der Waals surface area contributed by atoms with Crippen molar-refractivity contribution in [2.24, 2.45) is 0 Å². The quantitative estimate of drug-likeness (QED) is 0.884. The van der Waals surface area contributed by atoms with Gasteiger partial charge in [-0.05, 0) is 43.5 Å². The highest BCUT2D eigenvalue weighted by Crippen LogP contribution is 2.25. The fourth-order valence-corrected chi connectivity index (χ4v) is 3.19. The summed E-state index contributed by atoms with van der Waals surface area (Å²) in [4.78, 5) is 28.5. The van der Waals surface area contributed by atoms with Gasteiger partial charge in [-0.25, -0.2) is 4.39 Å². The van der Waals surface area contributed by atoms with E-state index >= 15 is 0 Å². The summed E-state index contributed by atoms with van der Waals surface area (Å²) in [5.74, 6) is -0.324. The van der Waals surface area contributed by atoms with Crippen molar-refractivity contribution < 1.29 is 14.0 Å². The van der Waals surface area contributed by atoms with Crippen molar-refractivity contribution in [2.45, 2.75) is 39.7 Å². The van der Waals surface area contributed by atoms with Gasteiger partial charge >= 0.3 is 0 Å². The van der Waals surface area contributed by atoms with Crippen LogP contribution in [0.1, 0.15) is 36.1 Å². The van der Waals surface area contributed by atoms with Crippen molar-refractivity contribution in [3.05, 3.63) is 34.8 Å². The maximum atomic E-state index is 13.8. The number of aromatic amines is 1. The van der Waals surface area contributed by atoms with Gasteiger partial charge in [0.1, 0.15) is 5.82 Å².